The van der Waals surface area contributed by atoms with Crippen molar-refractivity contribution in [1.82, 2.24) is 9.55 Å². The van der Waals surface area contributed by atoms with Crippen LogP contribution in [0.3, 0.4) is 0 Å². The van der Waals surface area contributed by atoms with Gasteiger partial charge in [-0.25, -0.2) is 4.98 Å². The van der Waals surface area contributed by atoms with E-state index in [9.17, 15) is 5.11 Å². The van der Waals surface area contributed by atoms with E-state index < -0.39 is 6.10 Å². The number of hydrogen-bond donors (Lipinski definition) is 1. The van der Waals surface area contributed by atoms with Gasteiger partial charge < -0.3 is 9.67 Å². The minimum atomic E-state index is -0.686. The summed E-state index contributed by atoms with van der Waals surface area (Å²) < 4.78 is 1.83. The first-order chi connectivity index (χ1) is 8.75. The van der Waals surface area contributed by atoms with Gasteiger partial charge in [0.05, 0.1) is 0 Å². The predicted molar refractivity (Wildman–Crippen MR) is 71.2 cm³/mol. The standard InChI is InChI=1S/C15H14N2O/c1-17-9-8-16-15(17)14(18)13-7-6-11-4-2-3-5-12(11)10-13/h2-10,14,18H,1H3. The van der Waals surface area contributed by atoms with Crippen LogP contribution in [0.15, 0.2) is 54.9 Å². The van der Waals surface area contributed by atoms with E-state index >= 15 is 0 Å². The van der Waals surface area contributed by atoms with E-state index in [-0.39, 0.29) is 0 Å². The van der Waals surface area contributed by atoms with Crippen molar-refractivity contribution in [2.75, 3.05) is 0 Å². The Hall–Kier alpha value is -2.13. The van der Waals surface area contributed by atoms with Gasteiger partial charge in [0.25, 0.3) is 0 Å². The highest BCUT2D eigenvalue weighted by atomic mass is 16.3. The van der Waals surface area contributed by atoms with Crippen LogP contribution in [-0.4, -0.2) is 14.7 Å². The summed E-state index contributed by atoms with van der Waals surface area (Å²) >= 11 is 0. The summed E-state index contributed by atoms with van der Waals surface area (Å²) in [6.07, 6.45) is 2.84. The first-order valence-corrected chi connectivity index (χ1v) is 5.90. The number of imidazole rings is 1. The lowest BCUT2D eigenvalue weighted by Crippen LogP contribution is -2.06. The Labute approximate surface area is 105 Å². The average molecular weight is 238 g/mol. The molecule has 18 heavy (non-hydrogen) atoms. The van der Waals surface area contributed by atoms with Crippen molar-refractivity contribution < 1.29 is 5.11 Å². The van der Waals surface area contributed by atoms with Gasteiger partial charge in [0.1, 0.15) is 11.9 Å². The quantitative estimate of drug-likeness (QED) is 0.745. The number of nitrogens with zero attached hydrogens (tertiary/aromatic N) is 2. The Kier molecular flexibility index (Phi) is 2.61. The van der Waals surface area contributed by atoms with E-state index in [0.29, 0.717) is 5.82 Å². The van der Waals surface area contributed by atoms with Crippen molar-refractivity contribution in [2.24, 2.45) is 7.05 Å². The summed E-state index contributed by atoms with van der Waals surface area (Å²) in [7, 11) is 1.88. The van der Waals surface area contributed by atoms with Crippen molar-refractivity contribution in [3.63, 3.8) is 0 Å². The lowest BCUT2D eigenvalue weighted by atomic mass is 10.0. The summed E-state index contributed by atoms with van der Waals surface area (Å²) in [5.41, 5.74) is 0.864. The molecule has 1 unspecified atom stereocenters. The third kappa shape index (κ3) is 1.79. The fourth-order valence-electron chi connectivity index (χ4n) is 2.17. The van der Waals surface area contributed by atoms with Crippen molar-refractivity contribution >= 4 is 10.8 Å². The molecule has 1 N–H and O–H groups in total. The largest absolute Gasteiger partial charge is 0.380 e. The Balaban J connectivity index is 2.07. The molecule has 0 fully saturated rings. The summed E-state index contributed by atoms with van der Waals surface area (Å²) in [6, 6.07) is 14.1. The molecule has 3 aromatic rings. The molecule has 0 bridgehead atoms. The zero-order valence-electron chi connectivity index (χ0n) is 10.1. The number of aromatic nitrogens is 2. The van der Waals surface area contributed by atoms with E-state index in [4.69, 9.17) is 0 Å². The van der Waals surface area contributed by atoms with Crippen molar-refractivity contribution in [2.45, 2.75) is 6.10 Å². The van der Waals surface area contributed by atoms with E-state index in [2.05, 4.69) is 11.1 Å². The van der Waals surface area contributed by atoms with E-state index in [0.717, 1.165) is 10.9 Å². The molecule has 90 valence electrons. The van der Waals surface area contributed by atoms with Crippen LogP contribution < -0.4 is 0 Å². The molecular weight excluding hydrogens is 224 g/mol. The normalized spacial score (nSPS) is 12.8. The van der Waals surface area contributed by atoms with Gasteiger partial charge in [0.15, 0.2) is 0 Å². The van der Waals surface area contributed by atoms with E-state index in [1.807, 2.05) is 54.2 Å². The lowest BCUT2D eigenvalue weighted by molar-refractivity contribution is 0.206. The molecule has 3 heteroatoms. The number of aryl methyl sites for hydroxylation is 1. The molecular formula is C15H14N2O. The molecule has 1 heterocycles. The van der Waals surface area contributed by atoms with Gasteiger partial charge in [-0.2, -0.15) is 0 Å². The zero-order chi connectivity index (χ0) is 12.5. The van der Waals surface area contributed by atoms with Crippen LogP contribution in [0.1, 0.15) is 17.5 Å². The smallest absolute Gasteiger partial charge is 0.142 e. The third-order valence-corrected chi connectivity index (χ3v) is 3.19. The van der Waals surface area contributed by atoms with Gasteiger partial charge in [0.2, 0.25) is 0 Å². The second-order valence-electron chi connectivity index (χ2n) is 4.41. The lowest BCUT2D eigenvalue weighted by Gasteiger charge is -2.11. The molecule has 0 aliphatic carbocycles. The number of aliphatic hydroxyl groups excluding tert-OH is 1. The SMILES string of the molecule is Cn1ccnc1C(O)c1ccc2ccccc2c1. The molecule has 3 nitrogen and oxygen atoms in total. The second kappa shape index (κ2) is 4.27. The van der Waals surface area contributed by atoms with Gasteiger partial charge >= 0.3 is 0 Å². The zero-order valence-corrected chi connectivity index (χ0v) is 10.1. The van der Waals surface area contributed by atoms with Crippen LogP contribution in [0.25, 0.3) is 10.8 Å². The minimum Gasteiger partial charge on any atom is -0.380 e. The van der Waals surface area contributed by atoms with Crippen LogP contribution in [0.5, 0.6) is 0 Å². The topological polar surface area (TPSA) is 38.0 Å². The van der Waals surface area contributed by atoms with E-state index in [1.165, 1.54) is 5.39 Å². The Bertz CT molecular complexity index is 688. The molecule has 1 aromatic heterocycles. The maximum Gasteiger partial charge on any atom is 0.142 e. The van der Waals surface area contributed by atoms with Crippen LogP contribution in [0.4, 0.5) is 0 Å². The van der Waals surface area contributed by atoms with Crippen molar-refractivity contribution in [3.8, 4) is 0 Å². The summed E-state index contributed by atoms with van der Waals surface area (Å²) in [4.78, 5) is 4.19. The number of benzene rings is 2. The fraction of sp³-hybridized carbons (Fsp3) is 0.133. The molecule has 0 saturated heterocycles. The molecule has 0 spiro atoms. The summed E-state index contributed by atoms with van der Waals surface area (Å²) in [5.74, 6) is 0.658. The molecule has 1 atom stereocenters. The molecule has 0 saturated carbocycles. The summed E-state index contributed by atoms with van der Waals surface area (Å²) in [5, 5.41) is 12.6. The highest BCUT2D eigenvalue weighted by Crippen LogP contribution is 2.24. The van der Waals surface area contributed by atoms with Crippen molar-refractivity contribution in [3.05, 3.63) is 66.2 Å². The molecule has 0 aliphatic heterocycles. The number of rotatable bonds is 2. The highest BCUT2D eigenvalue weighted by molar-refractivity contribution is 5.83. The van der Waals surface area contributed by atoms with Gasteiger partial charge in [0, 0.05) is 19.4 Å². The minimum absolute atomic E-state index is 0.658. The first-order valence-electron chi connectivity index (χ1n) is 5.90. The Morgan fingerprint density at radius 2 is 1.89 bits per heavy atom. The van der Waals surface area contributed by atoms with Gasteiger partial charge in [-0.15, -0.1) is 0 Å². The maximum absolute atomic E-state index is 10.3. The van der Waals surface area contributed by atoms with E-state index in [1.54, 1.807) is 6.20 Å². The van der Waals surface area contributed by atoms with Crippen LogP contribution >= 0.6 is 0 Å². The van der Waals surface area contributed by atoms with Gasteiger partial charge in [-0.3, -0.25) is 0 Å². The van der Waals surface area contributed by atoms with Crippen LogP contribution in [0.2, 0.25) is 0 Å². The average Bonchev–Trinajstić information content (AvgIpc) is 2.83. The molecule has 0 aliphatic rings. The van der Waals surface area contributed by atoms with Gasteiger partial charge in [-0.05, 0) is 22.4 Å². The van der Waals surface area contributed by atoms with Crippen molar-refractivity contribution in [1.29, 1.82) is 0 Å². The Morgan fingerprint density at radius 3 is 2.61 bits per heavy atom. The second-order valence-corrected chi connectivity index (χ2v) is 4.41. The number of fused-ring (bicyclic) bond motifs is 1. The molecule has 0 radical (unpaired) electrons. The fourth-order valence-corrected chi connectivity index (χ4v) is 2.17. The van der Waals surface area contributed by atoms with Crippen LogP contribution in [0, 0.1) is 0 Å². The maximum atomic E-state index is 10.3. The monoisotopic (exact) mass is 238 g/mol. The first kappa shape index (κ1) is 11.0. The predicted octanol–water partition coefficient (Wildman–Crippen LogP) is 2.66. The highest BCUT2D eigenvalue weighted by Gasteiger charge is 2.14. The molecule has 2 aromatic carbocycles. The summed E-state index contributed by atoms with van der Waals surface area (Å²) in [6.45, 7) is 0. The number of aliphatic hydroxyl groups is 1. The van der Waals surface area contributed by atoms with Gasteiger partial charge in [-0.1, -0.05) is 36.4 Å². The molecule has 3 rings (SSSR count). The number of hydrogen-bond acceptors (Lipinski definition) is 2. The Morgan fingerprint density at radius 1 is 1.11 bits per heavy atom. The van der Waals surface area contributed by atoms with Crippen LogP contribution in [-0.2, 0) is 7.05 Å². The third-order valence-electron chi connectivity index (χ3n) is 3.19. The molecule has 0 amide bonds.